The molecule has 0 aromatic heterocycles. The van der Waals surface area contributed by atoms with Crippen LogP contribution in [0.25, 0.3) is 10.8 Å². The average molecular weight is 241 g/mol. The van der Waals surface area contributed by atoms with E-state index in [1.54, 1.807) is 7.11 Å². The van der Waals surface area contributed by atoms with Crippen LogP contribution in [-0.4, -0.2) is 19.6 Å². The van der Waals surface area contributed by atoms with Crippen molar-refractivity contribution in [2.24, 2.45) is 10.7 Å². The van der Waals surface area contributed by atoms with Crippen LogP contribution in [0.5, 0.6) is 5.75 Å². The zero-order valence-electron chi connectivity index (χ0n) is 10.2. The van der Waals surface area contributed by atoms with Crippen molar-refractivity contribution in [3.8, 4) is 5.75 Å². The molecule has 3 N–H and O–H groups in total. The highest BCUT2D eigenvalue weighted by molar-refractivity contribution is 5.92. The van der Waals surface area contributed by atoms with E-state index in [1.807, 2.05) is 18.2 Å². The molecule has 0 amide bonds. The van der Waals surface area contributed by atoms with Gasteiger partial charge in [0.15, 0.2) is 5.96 Å². The van der Waals surface area contributed by atoms with Crippen LogP contribution >= 0.6 is 0 Å². The molecule has 1 aliphatic rings. The Morgan fingerprint density at radius 3 is 2.67 bits per heavy atom. The number of nitrogens with one attached hydrogen (secondary N) is 1. The number of hydrogen-bond donors (Lipinski definition) is 2. The Bertz CT molecular complexity index is 621. The number of nitrogens with two attached hydrogens (primary N) is 1. The van der Waals surface area contributed by atoms with Gasteiger partial charge in [-0.25, -0.2) is 0 Å². The van der Waals surface area contributed by atoms with E-state index < -0.39 is 0 Å². The van der Waals surface area contributed by atoms with E-state index in [9.17, 15) is 0 Å². The topological polar surface area (TPSA) is 59.6 Å². The molecule has 0 spiro atoms. The number of benzene rings is 2. The second kappa shape index (κ2) is 4.22. The highest BCUT2D eigenvalue weighted by Gasteiger charge is 2.20. The number of aliphatic imine (C=N–C) groups is 1. The van der Waals surface area contributed by atoms with Gasteiger partial charge in [0, 0.05) is 5.39 Å². The Morgan fingerprint density at radius 1 is 1.22 bits per heavy atom. The summed E-state index contributed by atoms with van der Waals surface area (Å²) in [7, 11) is 1.69. The number of guanidine groups is 1. The SMILES string of the molecule is COc1ccc(C2CN=C(N)N2)c2ccccc12. The Balaban J connectivity index is 2.13. The summed E-state index contributed by atoms with van der Waals surface area (Å²) in [5.41, 5.74) is 6.88. The average Bonchev–Trinajstić information content (AvgIpc) is 2.84. The van der Waals surface area contributed by atoms with E-state index in [2.05, 4.69) is 28.5 Å². The van der Waals surface area contributed by atoms with Crippen molar-refractivity contribution in [3.63, 3.8) is 0 Å². The zero-order valence-corrected chi connectivity index (χ0v) is 10.2. The van der Waals surface area contributed by atoms with Gasteiger partial charge in [-0.1, -0.05) is 30.3 Å². The summed E-state index contributed by atoms with van der Waals surface area (Å²) in [6.07, 6.45) is 0. The number of fused-ring (bicyclic) bond motifs is 1. The first-order chi connectivity index (χ1) is 8.79. The monoisotopic (exact) mass is 241 g/mol. The van der Waals surface area contributed by atoms with E-state index in [1.165, 1.54) is 10.9 Å². The van der Waals surface area contributed by atoms with Gasteiger partial charge >= 0.3 is 0 Å². The van der Waals surface area contributed by atoms with Gasteiger partial charge in [-0.2, -0.15) is 0 Å². The van der Waals surface area contributed by atoms with Crippen molar-refractivity contribution < 1.29 is 4.74 Å². The highest BCUT2D eigenvalue weighted by Crippen LogP contribution is 2.32. The lowest BCUT2D eigenvalue weighted by molar-refractivity contribution is 0.419. The standard InChI is InChI=1S/C14H15N3O/c1-18-13-7-6-10(12-8-16-14(15)17-12)9-4-2-3-5-11(9)13/h2-7,12H,8H2,1H3,(H3,15,16,17). The van der Waals surface area contributed by atoms with Gasteiger partial charge in [-0.05, 0) is 17.0 Å². The van der Waals surface area contributed by atoms with Crippen molar-refractivity contribution in [1.82, 2.24) is 5.32 Å². The van der Waals surface area contributed by atoms with E-state index in [-0.39, 0.29) is 6.04 Å². The van der Waals surface area contributed by atoms with Gasteiger partial charge in [0.2, 0.25) is 0 Å². The maximum absolute atomic E-state index is 5.68. The summed E-state index contributed by atoms with van der Waals surface area (Å²) in [6.45, 7) is 0.683. The van der Waals surface area contributed by atoms with Crippen molar-refractivity contribution >= 4 is 16.7 Å². The summed E-state index contributed by atoms with van der Waals surface area (Å²) < 4.78 is 5.39. The Morgan fingerprint density at radius 2 is 2.00 bits per heavy atom. The van der Waals surface area contributed by atoms with Gasteiger partial charge in [-0.15, -0.1) is 0 Å². The molecule has 0 saturated heterocycles. The first kappa shape index (κ1) is 10.9. The Labute approximate surface area is 105 Å². The minimum Gasteiger partial charge on any atom is -0.496 e. The fourth-order valence-corrected chi connectivity index (χ4v) is 2.41. The molecule has 0 fully saturated rings. The molecule has 92 valence electrons. The smallest absolute Gasteiger partial charge is 0.189 e. The van der Waals surface area contributed by atoms with Crippen molar-refractivity contribution in [2.45, 2.75) is 6.04 Å². The van der Waals surface area contributed by atoms with E-state index in [4.69, 9.17) is 10.5 Å². The lowest BCUT2D eigenvalue weighted by Gasteiger charge is -2.15. The summed E-state index contributed by atoms with van der Waals surface area (Å²) in [5, 5.41) is 5.48. The molecular formula is C14H15N3O. The first-order valence-corrected chi connectivity index (χ1v) is 5.91. The predicted octanol–water partition coefficient (Wildman–Crippen LogP) is 1.81. The van der Waals surface area contributed by atoms with Crippen molar-refractivity contribution in [3.05, 3.63) is 42.0 Å². The van der Waals surface area contributed by atoms with Crippen LogP contribution in [0.15, 0.2) is 41.4 Å². The Kier molecular flexibility index (Phi) is 2.55. The summed E-state index contributed by atoms with van der Waals surface area (Å²) >= 11 is 0. The molecule has 0 aliphatic carbocycles. The molecule has 0 saturated carbocycles. The van der Waals surface area contributed by atoms with Gasteiger partial charge in [0.1, 0.15) is 5.75 Å². The molecule has 1 aliphatic heterocycles. The summed E-state index contributed by atoms with van der Waals surface area (Å²) in [6, 6.07) is 12.4. The molecule has 18 heavy (non-hydrogen) atoms. The number of hydrogen-bond acceptors (Lipinski definition) is 4. The fourth-order valence-electron chi connectivity index (χ4n) is 2.41. The zero-order chi connectivity index (χ0) is 12.5. The minimum absolute atomic E-state index is 0.154. The maximum Gasteiger partial charge on any atom is 0.189 e. The summed E-state index contributed by atoms with van der Waals surface area (Å²) in [4.78, 5) is 4.20. The predicted molar refractivity (Wildman–Crippen MR) is 72.9 cm³/mol. The summed E-state index contributed by atoms with van der Waals surface area (Å²) in [5.74, 6) is 1.40. The lowest BCUT2D eigenvalue weighted by Crippen LogP contribution is -2.29. The number of nitrogens with zero attached hydrogens (tertiary/aromatic N) is 1. The number of ether oxygens (including phenoxy) is 1. The van der Waals surface area contributed by atoms with E-state index in [0.29, 0.717) is 12.5 Å². The molecule has 0 radical (unpaired) electrons. The molecular weight excluding hydrogens is 226 g/mol. The number of methoxy groups -OCH3 is 1. The van der Waals surface area contributed by atoms with Crippen LogP contribution in [0, 0.1) is 0 Å². The van der Waals surface area contributed by atoms with E-state index >= 15 is 0 Å². The maximum atomic E-state index is 5.68. The molecule has 2 aromatic carbocycles. The third-order valence-electron chi connectivity index (χ3n) is 3.28. The molecule has 3 rings (SSSR count). The van der Waals surface area contributed by atoms with Gasteiger partial charge in [0.05, 0.1) is 19.7 Å². The molecule has 0 bridgehead atoms. The number of rotatable bonds is 2. The fraction of sp³-hybridized carbons (Fsp3) is 0.214. The first-order valence-electron chi connectivity index (χ1n) is 5.91. The Hall–Kier alpha value is -2.23. The van der Waals surface area contributed by atoms with Crippen LogP contribution in [0.3, 0.4) is 0 Å². The van der Waals surface area contributed by atoms with Gasteiger partial charge in [-0.3, -0.25) is 4.99 Å². The third-order valence-corrected chi connectivity index (χ3v) is 3.28. The molecule has 1 unspecified atom stereocenters. The largest absolute Gasteiger partial charge is 0.496 e. The highest BCUT2D eigenvalue weighted by atomic mass is 16.5. The normalized spacial score (nSPS) is 18.5. The van der Waals surface area contributed by atoms with Crippen LogP contribution < -0.4 is 15.8 Å². The molecule has 1 heterocycles. The van der Waals surface area contributed by atoms with Crippen LogP contribution in [0.2, 0.25) is 0 Å². The van der Waals surface area contributed by atoms with Crippen molar-refractivity contribution in [2.75, 3.05) is 13.7 Å². The van der Waals surface area contributed by atoms with Crippen molar-refractivity contribution in [1.29, 1.82) is 0 Å². The van der Waals surface area contributed by atoms with Crippen LogP contribution in [0.4, 0.5) is 0 Å². The molecule has 2 aromatic rings. The third kappa shape index (κ3) is 1.66. The van der Waals surface area contributed by atoms with Crippen LogP contribution in [0.1, 0.15) is 11.6 Å². The minimum atomic E-state index is 0.154. The molecule has 4 heteroatoms. The van der Waals surface area contributed by atoms with E-state index in [0.717, 1.165) is 11.1 Å². The van der Waals surface area contributed by atoms with Crippen LogP contribution in [-0.2, 0) is 0 Å². The molecule has 4 nitrogen and oxygen atoms in total. The second-order valence-electron chi connectivity index (χ2n) is 4.33. The molecule has 1 atom stereocenters. The quantitative estimate of drug-likeness (QED) is 0.843. The lowest BCUT2D eigenvalue weighted by atomic mass is 9.98. The van der Waals surface area contributed by atoms with Gasteiger partial charge < -0.3 is 15.8 Å². The second-order valence-corrected chi connectivity index (χ2v) is 4.33. The van der Waals surface area contributed by atoms with Gasteiger partial charge in [0.25, 0.3) is 0 Å².